The summed E-state index contributed by atoms with van der Waals surface area (Å²) in [6.07, 6.45) is -0.952. The Kier molecular flexibility index (Phi) is 5.74. The minimum atomic E-state index is -0.952. The quantitative estimate of drug-likeness (QED) is 0.833. The van der Waals surface area contributed by atoms with Crippen LogP contribution in [0.15, 0.2) is 54.6 Å². The molecule has 5 nitrogen and oxygen atoms in total. The first-order valence-electron chi connectivity index (χ1n) is 7.23. The lowest BCUT2D eigenvalue weighted by Crippen LogP contribution is -2.31. The van der Waals surface area contributed by atoms with E-state index in [1.54, 1.807) is 31.4 Å². The van der Waals surface area contributed by atoms with Gasteiger partial charge in [0.15, 0.2) is 0 Å². The Morgan fingerprint density at radius 2 is 1.70 bits per heavy atom. The predicted octanol–water partition coefficient (Wildman–Crippen LogP) is 2.62. The van der Waals surface area contributed by atoms with Gasteiger partial charge in [0, 0.05) is 19.0 Å². The maximum atomic E-state index is 12.4. The van der Waals surface area contributed by atoms with Crippen molar-refractivity contribution in [1.29, 1.82) is 0 Å². The van der Waals surface area contributed by atoms with Gasteiger partial charge in [0.2, 0.25) is 6.10 Å². The minimum absolute atomic E-state index is 0.341. The van der Waals surface area contributed by atoms with Crippen LogP contribution in [0.4, 0.5) is 0 Å². The Hall–Kier alpha value is -2.82. The van der Waals surface area contributed by atoms with Gasteiger partial charge in [0.05, 0.1) is 7.11 Å². The van der Waals surface area contributed by atoms with Crippen molar-refractivity contribution in [3.8, 4) is 5.75 Å². The Morgan fingerprint density at radius 3 is 2.26 bits per heavy atom. The van der Waals surface area contributed by atoms with Crippen LogP contribution in [0, 0.1) is 0 Å². The second-order valence-corrected chi connectivity index (χ2v) is 4.97. The summed E-state index contributed by atoms with van der Waals surface area (Å²) in [5.74, 6) is -0.108. The van der Waals surface area contributed by atoms with Crippen LogP contribution < -0.4 is 10.1 Å². The smallest absolute Gasteiger partial charge is 0.303 e. The zero-order chi connectivity index (χ0) is 16.7. The molecule has 0 heterocycles. The van der Waals surface area contributed by atoms with Crippen molar-refractivity contribution in [3.05, 3.63) is 65.7 Å². The van der Waals surface area contributed by atoms with E-state index in [1.807, 2.05) is 30.3 Å². The van der Waals surface area contributed by atoms with E-state index in [0.717, 1.165) is 11.3 Å². The monoisotopic (exact) mass is 313 g/mol. The van der Waals surface area contributed by atoms with E-state index in [9.17, 15) is 9.59 Å². The third-order valence-electron chi connectivity index (χ3n) is 3.25. The first kappa shape index (κ1) is 16.5. The highest BCUT2D eigenvalue weighted by Crippen LogP contribution is 2.18. The summed E-state index contributed by atoms with van der Waals surface area (Å²) in [6.45, 7) is 1.63. The van der Waals surface area contributed by atoms with Crippen molar-refractivity contribution in [1.82, 2.24) is 5.32 Å². The molecule has 2 aromatic rings. The van der Waals surface area contributed by atoms with Gasteiger partial charge in [-0.3, -0.25) is 9.59 Å². The lowest BCUT2D eigenvalue weighted by molar-refractivity contribution is -0.154. The maximum absolute atomic E-state index is 12.4. The first-order valence-corrected chi connectivity index (χ1v) is 7.23. The molecule has 0 bridgehead atoms. The highest BCUT2D eigenvalue weighted by molar-refractivity contribution is 5.84. The molecule has 0 aliphatic carbocycles. The fourth-order valence-corrected chi connectivity index (χ4v) is 2.09. The molecule has 1 atom stereocenters. The van der Waals surface area contributed by atoms with Crippen molar-refractivity contribution in [2.45, 2.75) is 19.6 Å². The average Bonchev–Trinajstić information content (AvgIpc) is 2.58. The summed E-state index contributed by atoms with van der Waals surface area (Å²) < 4.78 is 10.2. The average molecular weight is 313 g/mol. The molecule has 5 heteroatoms. The van der Waals surface area contributed by atoms with Gasteiger partial charge in [-0.1, -0.05) is 42.5 Å². The number of carbonyl (C=O) groups is 2. The van der Waals surface area contributed by atoms with Crippen molar-refractivity contribution in [2.24, 2.45) is 0 Å². The third kappa shape index (κ3) is 4.85. The van der Waals surface area contributed by atoms with E-state index in [0.29, 0.717) is 12.1 Å². The Morgan fingerprint density at radius 1 is 1.04 bits per heavy atom. The molecule has 0 unspecified atom stereocenters. The van der Waals surface area contributed by atoms with Gasteiger partial charge < -0.3 is 14.8 Å². The van der Waals surface area contributed by atoms with Crippen LogP contribution in [0.3, 0.4) is 0 Å². The van der Waals surface area contributed by atoms with Crippen molar-refractivity contribution >= 4 is 11.9 Å². The van der Waals surface area contributed by atoms with Gasteiger partial charge in [-0.2, -0.15) is 0 Å². The van der Waals surface area contributed by atoms with Crippen LogP contribution in [0.5, 0.6) is 5.75 Å². The molecular formula is C18H19NO4. The SMILES string of the molecule is COc1ccc(CNC(=O)[C@@H](OC(C)=O)c2ccccc2)cc1. The topological polar surface area (TPSA) is 64.6 Å². The van der Waals surface area contributed by atoms with Gasteiger partial charge >= 0.3 is 5.97 Å². The number of ether oxygens (including phenoxy) is 2. The zero-order valence-corrected chi connectivity index (χ0v) is 13.1. The highest BCUT2D eigenvalue weighted by atomic mass is 16.5. The summed E-state index contributed by atoms with van der Waals surface area (Å²) in [5, 5.41) is 2.78. The molecular weight excluding hydrogens is 294 g/mol. The summed E-state index contributed by atoms with van der Waals surface area (Å²) >= 11 is 0. The summed E-state index contributed by atoms with van der Waals surface area (Å²) in [6, 6.07) is 16.3. The minimum Gasteiger partial charge on any atom is -0.497 e. The second kappa shape index (κ2) is 7.98. The van der Waals surface area contributed by atoms with Gasteiger partial charge in [0.25, 0.3) is 5.91 Å². The summed E-state index contributed by atoms with van der Waals surface area (Å²) in [7, 11) is 1.60. The van der Waals surface area contributed by atoms with E-state index in [2.05, 4.69) is 5.32 Å². The van der Waals surface area contributed by atoms with Crippen molar-refractivity contribution in [2.75, 3.05) is 7.11 Å². The Balaban J connectivity index is 2.03. The standard InChI is InChI=1S/C18H19NO4/c1-13(20)23-17(15-6-4-3-5-7-15)18(21)19-12-14-8-10-16(22-2)11-9-14/h3-11,17H,12H2,1-2H3,(H,19,21)/t17-/m0/s1. The molecule has 0 aliphatic rings. The van der Waals surface area contributed by atoms with Gasteiger partial charge in [0.1, 0.15) is 5.75 Å². The van der Waals surface area contributed by atoms with Crippen molar-refractivity contribution < 1.29 is 19.1 Å². The molecule has 1 amide bonds. The van der Waals surface area contributed by atoms with Gasteiger partial charge in [-0.05, 0) is 17.7 Å². The summed E-state index contributed by atoms with van der Waals surface area (Å²) in [5.41, 5.74) is 1.56. The molecule has 0 radical (unpaired) electrons. The van der Waals surface area contributed by atoms with E-state index in [4.69, 9.17) is 9.47 Å². The molecule has 0 fully saturated rings. The van der Waals surface area contributed by atoms with Crippen LogP contribution in [-0.2, 0) is 20.9 Å². The number of nitrogens with one attached hydrogen (secondary N) is 1. The number of hydrogen-bond acceptors (Lipinski definition) is 4. The van der Waals surface area contributed by atoms with Crippen LogP contribution in [0.1, 0.15) is 24.2 Å². The van der Waals surface area contributed by atoms with Crippen LogP contribution in [0.2, 0.25) is 0 Å². The Labute approximate surface area is 135 Å². The van der Waals surface area contributed by atoms with E-state index in [-0.39, 0.29) is 5.91 Å². The number of esters is 1. The summed E-state index contributed by atoms with van der Waals surface area (Å²) in [4.78, 5) is 23.6. The van der Waals surface area contributed by atoms with E-state index in [1.165, 1.54) is 6.92 Å². The number of amides is 1. The highest BCUT2D eigenvalue weighted by Gasteiger charge is 2.23. The van der Waals surface area contributed by atoms with Crippen LogP contribution in [0.25, 0.3) is 0 Å². The van der Waals surface area contributed by atoms with Crippen LogP contribution >= 0.6 is 0 Å². The molecule has 0 saturated carbocycles. The Bertz CT molecular complexity index is 652. The predicted molar refractivity (Wildman–Crippen MR) is 85.8 cm³/mol. The number of carbonyl (C=O) groups excluding carboxylic acids is 2. The molecule has 23 heavy (non-hydrogen) atoms. The van der Waals surface area contributed by atoms with Gasteiger partial charge in [-0.25, -0.2) is 0 Å². The lowest BCUT2D eigenvalue weighted by Gasteiger charge is -2.17. The molecule has 2 rings (SSSR count). The fourth-order valence-electron chi connectivity index (χ4n) is 2.09. The third-order valence-corrected chi connectivity index (χ3v) is 3.25. The number of rotatable bonds is 6. The molecule has 2 aromatic carbocycles. The number of methoxy groups -OCH3 is 1. The van der Waals surface area contributed by atoms with Crippen molar-refractivity contribution in [3.63, 3.8) is 0 Å². The van der Waals surface area contributed by atoms with Crippen LogP contribution in [-0.4, -0.2) is 19.0 Å². The maximum Gasteiger partial charge on any atom is 0.303 e. The molecule has 0 spiro atoms. The molecule has 1 N–H and O–H groups in total. The zero-order valence-electron chi connectivity index (χ0n) is 13.1. The molecule has 120 valence electrons. The lowest BCUT2D eigenvalue weighted by atomic mass is 10.1. The first-order chi connectivity index (χ1) is 11.1. The van der Waals surface area contributed by atoms with E-state index < -0.39 is 12.1 Å². The largest absolute Gasteiger partial charge is 0.497 e. The molecule has 0 aliphatic heterocycles. The normalized spacial score (nSPS) is 11.4. The second-order valence-electron chi connectivity index (χ2n) is 4.97. The molecule has 0 saturated heterocycles. The van der Waals surface area contributed by atoms with Gasteiger partial charge in [-0.15, -0.1) is 0 Å². The number of benzene rings is 2. The van der Waals surface area contributed by atoms with E-state index >= 15 is 0 Å². The fraction of sp³-hybridized carbons (Fsp3) is 0.222. The number of hydrogen-bond donors (Lipinski definition) is 1. The molecule has 0 aromatic heterocycles.